The normalized spacial score (nSPS) is 57.0. The van der Waals surface area contributed by atoms with Crippen LogP contribution in [0.1, 0.15) is 65.2 Å². The molecule has 3 heteroatoms. The molecule has 0 N–H and O–H groups in total. The number of fused-ring (bicyclic) bond motifs is 1. The van der Waals surface area contributed by atoms with Crippen molar-refractivity contribution >= 4 is 11.8 Å². The number of carbonyl (C=O) groups is 2. The Labute approximate surface area is 137 Å². The average Bonchev–Trinajstić information content (AvgIpc) is 2.79. The lowest BCUT2D eigenvalue weighted by atomic mass is 9.39. The summed E-state index contributed by atoms with van der Waals surface area (Å²) in [5.74, 6) is 0.968. The van der Waals surface area contributed by atoms with Crippen LogP contribution in [0.4, 0.5) is 0 Å². The van der Waals surface area contributed by atoms with E-state index in [1.807, 2.05) is 0 Å². The minimum Gasteiger partial charge on any atom is -0.458 e. The summed E-state index contributed by atoms with van der Waals surface area (Å²) in [5, 5.41) is 0. The molecule has 23 heavy (non-hydrogen) atoms. The zero-order chi connectivity index (χ0) is 16.3. The summed E-state index contributed by atoms with van der Waals surface area (Å²) >= 11 is 0. The summed E-state index contributed by atoms with van der Waals surface area (Å²) in [6.45, 7) is 8.52. The monoisotopic (exact) mass is 314 g/mol. The van der Waals surface area contributed by atoms with Gasteiger partial charge in [0.15, 0.2) is 5.78 Å². The smallest absolute Gasteiger partial charge is 0.312 e. The highest BCUT2D eigenvalue weighted by molar-refractivity contribution is 6.03. The molecule has 5 fully saturated rings. The molecule has 4 bridgehead atoms. The number of esters is 1. The van der Waals surface area contributed by atoms with Crippen LogP contribution in [-0.2, 0) is 14.3 Å². The summed E-state index contributed by atoms with van der Waals surface area (Å²) in [5.41, 5.74) is -0.388. The number of allylic oxidation sites excluding steroid dienone is 1. The van der Waals surface area contributed by atoms with Crippen molar-refractivity contribution in [1.82, 2.24) is 0 Å². The van der Waals surface area contributed by atoms with Crippen LogP contribution in [0.25, 0.3) is 0 Å². The Morgan fingerprint density at radius 1 is 1.09 bits per heavy atom. The van der Waals surface area contributed by atoms with Crippen LogP contribution >= 0.6 is 0 Å². The van der Waals surface area contributed by atoms with E-state index < -0.39 is 5.60 Å². The second-order valence-electron chi connectivity index (χ2n) is 9.35. The zero-order valence-corrected chi connectivity index (χ0v) is 14.2. The predicted molar refractivity (Wildman–Crippen MR) is 85.5 cm³/mol. The van der Waals surface area contributed by atoms with Gasteiger partial charge < -0.3 is 4.74 Å². The maximum absolute atomic E-state index is 13.2. The molecule has 6 atom stereocenters. The third kappa shape index (κ3) is 1.20. The van der Waals surface area contributed by atoms with Crippen molar-refractivity contribution in [1.29, 1.82) is 0 Å². The van der Waals surface area contributed by atoms with Crippen LogP contribution in [0.2, 0.25) is 0 Å². The highest BCUT2D eigenvalue weighted by atomic mass is 16.6. The van der Waals surface area contributed by atoms with Crippen molar-refractivity contribution in [3.05, 3.63) is 12.2 Å². The molecule has 1 aliphatic heterocycles. The minimum absolute atomic E-state index is 0.00432. The number of hydrogen-bond donors (Lipinski definition) is 0. The molecule has 0 aromatic carbocycles. The van der Waals surface area contributed by atoms with Gasteiger partial charge in [0.25, 0.3) is 0 Å². The Morgan fingerprint density at radius 3 is 2.65 bits per heavy atom. The van der Waals surface area contributed by atoms with E-state index in [-0.39, 0.29) is 22.2 Å². The molecular weight excluding hydrogens is 288 g/mol. The van der Waals surface area contributed by atoms with Gasteiger partial charge in [0.1, 0.15) is 5.60 Å². The van der Waals surface area contributed by atoms with E-state index >= 15 is 0 Å². The van der Waals surface area contributed by atoms with E-state index in [1.54, 1.807) is 0 Å². The first-order valence-corrected chi connectivity index (χ1v) is 9.28. The second-order valence-corrected chi connectivity index (χ2v) is 9.35. The van der Waals surface area contributed by atoms with E-state index in [9.17, 15) is 9.59 Å². The van der Waals surface area contributed by atoms with Crippen LogP contribution in [0.3, 0.4) is 0 Å². The van der Waals surface area contributed by atoms with Crippen molar-refractivity contribution < 1.29 is 14.3 Å². The maximum Gasteiger partial charge on any atom is 0.312 e. The Morgan fingerprint density at radius 2 is 1.87 bits per heavy atom. The molecule has 124 valence electrons. The summed E-state index contributed by atoms with van der Waals surface area (Å²) in [6, 6.07) is 0. The first-order chi connectivity index (χ1) is 10.8. The van der Waals surface area contributed by atoms with Gasteiger partial charge >= 0.3 is 5.97 Å². The third-order valence-corrected chi connectivity index (χ3v) is 8.97. The van der Waals surface area contributed by atoms with Crippen molar-refractivity contribution in [2.24, 2.45) is 28.1 Å². The van der Waals surface area contributed by atoms with Gasteiger partial charge in [0.05, 0.1) is 5.41 Å². The molecule has 1 spiro atoms. The third-order valence-electron chi connectivity index (χ3n) is 8.97. The van der Waals surface area contributed by atoms with E-state index in [1.165, 1.54) is 0 Å². The molecule has 3 nitrogen and oxygen atoms in total. The summed E-state index contributed by atoms with van der Waals surface area (Å²) in [4.78, 5) is 26.0. The largest absolute Gasteiger partial charge is 0.458 e. The molecule has 0 aromatic rings. The van der Waals surface area contributed by atoms with E-state index in [0.29, 0.717) is 17.6 Å². The summed E-state index contributed by atoms with van der Waals surface area (Å²) < 4.78 is 6.26. The molecule has 1 heterocycles. The Kier molecular flexibility index (Phi) is 2.33. The highest BCUT2D eigenvalue weighted by Crippen LogP contribution is 2.76. The molecule has 5 aliphatic rings. The van der Waals surface area contributed by atoms with E-state index in [4.69, 9.17) is 4.74 Å². The van der Waals surface area contributed by atoms with Gasteiger partial charge in [-0.2, -0.15) is 0 Å². The van der Waals surface area contributed by atoms with Gasteiger partial charge in [0, 0.05) is 16.7 Å². The van der Waals surface area contributed by atoms with Crippen LogP contribution in [0.15, 0.2) is 12.2 Å². The molecule has 0 aromatic heterocycles. The molecular formula is C20H26O3. The zero-order valence-electron chi connectivity index (χ0n) is 14.2. The lowest BCUT2D eigenvalue weighted by molar-refractivity contribution is -0.221. The lowest BCUT2D eigenvalue weighted by Gasteiger charge is -2.63. The molecule has 0 radical (unpaired) electrons. The van der Waals surface area contributed by atoms with Gasteiger partial charge in [0.2, 0.25) is 0 Å². The fraction of sp³-hybridized carbons (Fsp3) is 0.800. The first-order valence-electron chi connectivity index (χ1n) is 9.28. The van der Waals surface area contributed by atoms with Gasteiger partial charge in [-0.1, -0.05) is 13.5 Å². The van der Waals surface area contributed by atoms with Crippen LogP contribution in [0, 0.1) is 28.1 Å². The lowest BCUT2D eigenvalue weighted by Crippen LogP contribution is -2.66. The van der Waals surface area contributed by atoms with Crippen molar-refractivity contribution in [3.63, 3.8) is 0 Å². The molecule has 5 rings (SSSR count). The Bertz CT molecular complexity index is 666. The average molecular weight is 314 g/mol. The number of rotatable bonds is 0. The van der Waals surface area contributed by atoms with Gasteiger partial charge in [-0.05, 0) is 69.8 Å². The molecule has 4 saturated carbocycles. The first kappa shape index (κ1) is 14.2. The van der Waals surface area contributed by atoms with Gasteiger partial charge in [-0.3, -0.25) is 9.59 Å². The molecule has 4 aliphatic carbocycles. The number of ketones is 1. The summed E-state index contributed by atoms with van der Waals surface area (Å²) in [7, 11) is 0. The number of ether oxygens (including phenoxy) is 1. The van der Waals surface area contributed by atoms with E-state index in [0.717, 1.165) is 56.9 Å². The van der Waals surface area contributed by atoms with Crippen molar-refractivity contribution in [3.8, 4) is 0 Å². The Balaban J connectivity index is 1.73. The molecule has 1 unspecified atom stereocenters. The topological polar surface area (TPSA) is 43.4 Å². The second kappa shape index (κ2) is 3.75. The van der Waals surface area contributed by atoms with Crippen LogP contribution in [0.5, 0.6) is 0 Å². The maximum atomic E-state index is 13.2. The number of hydrogen-bond acceptors (Lipinski definition) is 3. The number of Topliss-reactive ketones (excluding diaryl/α,β-unsaturated/α-hetero) is 1. The van der Waals surface area contributed by atoms with Crippen LogP contribution < -0.4 is 0 Å². The highest BCUT2D eigenvalue weighted by Gasteiger charge is 2.79. The molecule has 1 saturated heterocycles. The fourth-order valence-electron chi connectivity index (χ4n) is 7.64. The predicted octanol–water partition coefficient (Wildman–Crippen LogP) is 3.81. The van der Waals surface area contributed by atoms with E-state index in [2.05, 4.69) is 20.4 Å². The SMILES string of the molecule is C=C1C(=O)[C@@]23CCC4[C@@]5(C)CCC[C@@]4(OC5=O)[C@@]2(C)CC[C@@H]1C3. The van der Waals surface area contributed by atoms with Crippen molar-refractivity contribution in [2.45, 2.75) is 70.8 Å². The number of carbonyl (C=O) groups excluding carboxylic acids is 2. The Hall–Kier alpha value is -1.12. The quantitative estimate of drug-likeness (QED) is 0.504. The van der Waals surface area contributed by atoms with Crippen LogP contribution in [-0.4, -0.2) is 17.4 Å². The van der Waals surface area contributed by atoms with Gasteiger partial charge in [-0.15, -0.1) is 0 Å². The van der Waals surface area contributed by atoms with Gasteiger partial charge in [-0.25, -0.2) is 0 Å². The van der Waals surface area contributed by atoms with Crippen molar-refractivity contribution in [2.75, 3.05) is 0 Å². The standard InChI is InChI=1S/C20H26O3/c1-12-13-5-9-18(3)19(11-13,15(12)21)10-6-14-17(2)7-4-8-20(14,18)23-16(17)22/h13-14H,1,4-11H2,2-3H3/t13-,14?,17-,18+,19+,20+/m1/s1. The fourth-order valence-corrected chi connectivity index (χ4v) is 7.64. The minimum atomic E-state index is -0.402. The molecule has 0 amide bonds. The summed E-state index contributed by atoms with van der Waals surface area (Å²) in [6.07, 6.45) is 7.81.